The minimum atomic E-state index is -0.525. The quantitative estimate of drug-likeness (QED) is 0.489. The number of amidine groups is 1. The molecule has 1 aromatic heterocycles. The topological polar surface area (TPSA) is 103 Å². The summed E-state index contributed by atoms with van der Waals surface area (Å²) in [6.07, 6.45) is 7.99. The molecule has 2 aromatic rings. The number of aromatic nitrogens is 2. The molecule has 42 heavy (non-hydrogen) atoms. The number of dihydropyridines is 1. The Morgan fingerprint density at radius 2 is 1.86 bits per heavy atom. The average Bonchev–Trinajstić information content (AvgIpc) is 3.55. The SMILES string of the molecule is C=C(/N=C1/N=C(c2ccc(OC)c(COC(=O)n3ccnc3)c2)C=C/C1=C(/C)N1CCOC[C@@H]1C)N1CCOC[C@@H]1C. The van der Waals surface area contributed by atoms with E-state index in [4.69, 9.17) is 28.9 Å². The fourth-order valence-corrected chi connectivity index (χ4v) is 5.29. The number of morpholine rings is 2. The largest absolute Gasteiger partial charge is 0.496 e. The van der Waals surface area contributed by atoms with Crippen molar-refractivity contribution in [2.75, 3.05) is 46.6 Å². The molecule has 11 nitrogen and oxygen atoms in total. The number of ether oxygens (including phenoxy) is 4. The molecule has 4 heterocycles. The monoisotopic (exact) mass is 574 g/mol. The van der Waals surface area contributed by atoms with Crippen LogP contribution in [0.25, 0.3) is 0 Å². The molecule has 0 spiro atoms. The Morgan fingerprint density at radius 3 is 2.52 bits per heavy atom. The van der Waals surface area contributed by atoms with Crippen LogP contribution in [-0.2, 0) is 20.8 Å². The molecule has 2 saturated heterocycles. The summed E-state index contributed by atoms with van der Waals surface area (Å²) in [5.74, 6) is 1.86. The predicted molar refractivity (Wildman–Crippen MR) is 160 cm³/mol. The van der Waals surface area contributed by atoms with Gasteiger partial charge in [-0.05, 0) is 51.1 Å². The summed E-state index contributed by atoms with van der Waals surface area (Å²) >= 11 is 0. The first kappa shape index (κ1) is 29.3. The van der Waals surface area contributed by atoms with E-state index in [0.717, 1.165) is 35.6 Å². The van der Waals surface area contributed by atoms with Crippen molar-refractivity contribution < 1.29 is 23.7 Å². The fraction of sp³-hybridized carbons (Fsp3) is 0.419. The van der Waals surface area contributed by atoms with Crippen LogP contribution in [0.4, 0.5) is 4.79 Å². The number of allylic oxidation sites excluding steroid dienone is 2. The van der Waals surface area contributed by atoms with Crippen LogP contribution in [-0.4, -0.2) is 95.7 Å². The van der Waals surface area contributed by atoms with Gasteiger partial charge in [-0.15, -0.1) is 0 Å². The number of nitrogens with zero attached hydrogens (tertiary/aromatic N) is 6. The zero-order chi connectivity index (χ0) is 29.6. The number of methoxy groups -OCH3 is 1. The number of hydrogen-bond acceptors (Lipinski definition) is 9. The predicted octanol–water partition coefficient (Wildman–Crippen LogP) is 4.02. The summed E-state index contributed by atoms with van der Waals surface area (Å²) in [5, 5.41) is 0. The van der Waals surface area contributed by atoms with Gasteiger partial charge in [0.05, 0.1) is 45.3 Å². The number of carbonyl (C=O) groups is 1. The lowest BCUT2D eigenvalue weighted by molar-refractivity contribution is 0.0164. The highest BCUT2D eigenvalue weighted by Crippen LogP contribution is 2.27. The number of hydrogen-bond donors (Lipinski definition) is 0. The summed E-state index contributed by atoms with van der Waals surface area (Å²) in [4.78, 5) is 30.8. The Labute approximate surface area is 246 Å². The Kier molecular flexibility index (Phi) is 9.19. The van der Waals surface area contributed by atoms with E-state index < -0.39 is 6.09 Å². The molecule has 5 rings (SSSR count). The number of imidazole rings is 1. The first-order chi connectivity index (χ1) is 20.4. The molecule has 0 radical (unpaired) electrons. The van der Waals surface area contributed by atoms with Crippen molar-refractivity contribution in [3.8, 4) is 5.75 Å². The molecule has 2 atom stereocenters. The van der Waals surface area contributed by atoms with Crippen LogP contribution < -0.4 is 4.74 Å². The normalized spacial score (nSPS) is 23.0. The third kappa shape index (κ3) is 6.47. The van der Waals surface area contributed by atoms with Crippen LogP contribution >= 0.6 is 0 Å². The third-order valence-electron chi connectivity index (χ3n) is 7.64. The van der Waals surface area contributed by atoms with Gasteiger partial charge in [-0.2, -0.15) is 0 Å². The van der Waals surface area contributed by atoms with Crippen molar-refractivity contribution in [3.63, 3.8) is 0 Å². The van der Waals surface area contributed by atoms with E-state index in [1.807, 2.05) is 24.3 Å². The van der Waals surface area contributed by atoms with E-state index in [1.54, 1.807) is 7.11 Å². The maximum absolute atomic E-state index is 12.4. The van der Waals surface area contributed by atoms with Crippen LogP contribution in [0.5, 0.6) is 5.75 Å². The fourth-order valence-electron chi connectivity index (χ4n) is 5.29. The molecule has 3 aliphatic heterocycles. The smallest absolute Gasteiger partial charge is 0.419 e. The standard InChI is InChI=1S/C31H38N6O5/c1-21-17-40-14-12-36(21)23(3)27-7-8-28(34-30(27)33-24(4)37-13-15-41-18-22(37)2)25-6-9-29(39-5)26(16-25)19-42-31(38)35-11-10-32-20-35/h6-11,16,20-22H,4,12-15,17-19H2,1-3,5H3/b27-23+,33-30+/t21-,22-/m0/s1. The van der Waals surface area contributed by atoms with Crippen molar-refractivity contribution in [1.29, 1.82) is 0 Å². The van der Waals surface area contributed by atoms with Gasteiger partial charge in [0.15, 0.2) is 5.84 Å². The lowest BCUT2D eigenvalue weighted by Crippen LogP contribution is -2.43. The highest BCUT2D eigenvalue weighted by Gasteiger charge is 2.26. The maximum atomic E-state index is 12.4. The van der Waals surface area contributed by atoms with E-state index in [2.05, 4.69) is 48.2 Å². The van der Waals surface area contributed by atoms with Gasteiger partial charge in [-0.25, -0.2) is 24.3 Å². The van der Waals surface area contributed by atoms with E-state index in [9.17, 15) is 4.79 Å². The highest BCUT2D eigenvalue weighted by atomic mass is 16.6. The van der Waals surface area contributed by atoms with Crippen LogP contribution in [0.1, 0.15) is 31.9 Å². The lowest BCUT2D eigenvalue weighted by Gasteiger charge is -2.37. The summed E-state index contributed by atoms with van der Waals surface area (Å²) in [6.45, 7) is 14.8. The summed E-state index contributed by atoms with van der Waals surface area (Å²) in [5.41, 5.74) is 4.32. The Hall–Kier alpha value is -4.22. The van der Waals surface area contributed by atoms with Crippen LogP contribution in [0.15, 0.2) is 82.7 Å². The second kappa shape index (κ2) is 13.2. The summed E-state index contributed by atoms with van der Waals surface area (Å²) in [6, 6.07) is 6.11. The first-order valence-corrected chi connectivity index (χ1v) is 14.1. The van der Waals surface area contributed by atoms with Crippen LogP contribution in [0, 0.1) is 0 Å². The maximum Gasteiger partial charge on any atom is 0.419 e. The molecule has 3 aliphatic rings. The van der Waals surface area contributed by atoms with E-state index in [1.165, 1.54) is 23.3 Å². The number of aliphatic imine (C=N–C) groups is 2. The molecule has 0 aliphatic carbocycles. The van der Waals surface area contributed by atoms with E-state index >= 15 is 0 Å². The van der Waals surface area contributed by atoms with Crippen LogP contribution in [0.2, 0.25) is 0 Å². The van der Waals surface area contributed by atoms with Gasteiger partial charge in [-0.1, -0.05) is 6.58 Å². The zero-order valence-corrected chi connectivity index (χ0v) is 24.7. The van der Waals surface area contributed by atoms with Gasteiger partial charge in [-0.3, -0.25) is 0 Å². The molecule has 1 aromatic carbocycles. The first-order valence-electron chi connectivity index (χ1n) is 14.1. The van der Waals surface area contributed by atoms with Gasteiger partial charge in [0.1, 0.15) is 24.5 Å². The summed E-state index contributed by atoms with van der Waals surface area (Å²) < 4.78 is 23.6. The molecule has 11 heteroatoms. The molecular formula is C31H38N6O5. The Bertz CT molecular complexity index is 1430. The van der Waals surface area contributed by atoms with E-state index in [-0.39, 0.29) is 18.7 Å². The van der Waals surface area contributed by atoms with Crippen molar-refractivity contribution in [2.45, 2.75) is 39.5 Å². The molecule has 0 unspecified atom stereocenters. The third-order valence-corrected chi connectivity index (χ3v) is 7.64. The minimum Gasteiger partial charge on any atom is -0.496 e. The Morgan fingerprint density at radius 1 is 1.12 bits per heavy atom. The Balaban J connectivity index is 1.48. The van der Waals surface area contributed by atoms with Crippen molar-refractivity contribution >= 4 is 17.6 Å². The minimum absolute atomic E-state index is 0.0247. The van der Waals surface area contributed by atoms with Gasteiger partial charge in [0, 0.05) is 53.9 Å². The van der Waals surface area contributed by atoms with Gasteiger partial charge < -0.3 is 28.7 Å². The van der Waals surface area contributed by atoms with Gasteiger partial charge in [0.2, 0.25) is 0 Å². The number of rotatable bonds is 7. The molecule has 222 valence electrons. The van der Waals surface area contributed by atoms with Crippen molar-refractivity contribution in [1.82, 2.24) is 19.4 Å². The van der Waals surface area contributed by atoms with Crippen molar-refractivity contribution in [3.05, 3.63) is 83.9 Å². The van der Waals surface area contributed by atoms with Gasteiger partial charge >= 0.3 is 6.09 Å². The zero-order valence-electron chi connectivity index (χ0n) is 24.7. The summed E-state index contributed by atoms with van der Waals surface area (Å²) in [7, 11) is 1.59. The van der Waals surface area contributed by atoms with Crippen LogP contribution in [0.3, 0.4) is 0 Å². The second-order valence-corrected chi connectivity index (χ2v) is 10.5. The molecular weight excluding hydrogens is 536 g/mol. The highest BCUT2D eigenvalue weighted by molar-refractivity contribution is 6.21. The number of benzene rings is 1. The molecule has 0 bridgehead atoms. The molecule has 2 fully saturated rings. The molecule has 0 amide bonds. The lowest BCUT2D eigenvalue weighted by atomic mass is 10.0. The molecule has 0 saturated carbocycles. The number of carbonyl (C=O) groups excluding carboxylic acids is 1. The second-order valence-electron chi connectivity index (χ2n) is 10.5. The van der Waals surface area contributed by atoms with E-state index in [0.29, 0.717) is 49.4 Å². The van der Waals surface area contributed by atoms with Gasteiger partial charge in [0.25, 0.3) is 0 Å². The van der Waals surface area contributed by atoms with Crippen molar-refractivity contribution in [2.24, 2.45) is 9.98 Å². The molecule has 0 N–H and O–H groups in total. The average molecular weight is 575 g/mol.